The van der Waals surface area contributed by atoms with Gasteiger partial charge in [0.2, 0.25) is 0 Å². The van der Waals surface area contributed by atoms with E-state index in [1.165, 1.54) is 24.8 Å². The van der Waals surface area contributed by atoms with Gasteiger partial charge in [-0.05, 0) is 76.7 Å². The van der Waals surface area contributed by atoms with Gasteiger partial charge < -0.3 is 4.90 Å². The molecule has 0 amide bonds. The second-order valence-electron chi connectivity index (χ2n) is 9.88. The highest BCUT2D eigenvalue weighted by atomic mass is 32.1. The molecule has 5 rings (SSSR count). The maximum Gasteiger partial charge on any atom is 0.182 e. The number of H-pyrrole nitrogens is 1. The molecule has 35 heavy (non-hydrogen) atoms. The first-order chi connectivity index (χ1) is 16.9. The van der Waals surface area contributed by atoms with Crippen LogP contribution in [-0.4, -0.2) is 50.5 Å². The molecule has 0 saturated heterocycles. The minimum Gasteiger partial charge on any atom is -0.304 e. The Morgan fingerprint density at radius 1 is 1.26 bits per heavy atom. The number of carbonyl (C=O) groups excluding carboxylic acids is 1. The largest absolute Gasteiger partial charge is 0.304 e. The zero-order valence-corrected chi connectivity index (χ0v) is 21.8. The summed E-state index contributed by atoms with van der Waals surface area (Å²) in [5.41, 5.74) is 5.63. The number of aromatic amines is 1. The van der Waals surface area contributed by atoms with Gasteiger partial charge in [-0.2, -0.15) is 5.10 Å². The van der Waals surface area contributed by atoms with Crippen LogP contribution in [0.15, 0.2) is 36.7 Å². The standard InChI is InChI=1S/C28H33N5OS/c1-5-33(4)21-10-8-19(15-21)9-11-23(34)26-27(20-7-6-12-29-16-20)35-28(30-26)25-22-14-17(2)13-18(3)24(22)31-32-25/h6-7,12-14,16,19,21H,5,8-11,15H2,1-4H3,(H,31,32)/t19?,21-/m0/s1. The maximum absolute atomic E-state index is 13.5. The lowest BCUT2D eigenvalue weighted by molar-refractivity contribution is 0.0969. The molecule has 7 heteroatoms. The van der Waals surface area contributed by atoms with Crippen LogP contribution in [0.25, 0.3) is 32.0 Å². The molecule has 6 nitrogen and oxygen atoms in total. The fraction of sp³-hybridized carbons (Fsp3) is 0.429. The minimum atomic E-state index is 0.120. The molecule has 1 N–H and O–H groups in total. The number of nitrogens with zero attached hydrogens (tertiary/aromatic N) is 4. The van der Waals surface area contributed by atoms with E-state index in [0.29, 0.717) is 24.1 Å². The summed E-state index contributed by atoms with van der Waals surface area (Å²) < 4.78 is 0. The lowest BCUT2D eigenvalue weighted by Gasteiger charge is -2.22. The van der Waals surface area contributed by atoms with Crippen molar-refractivity contribution in [2.24, 2.45) is 5.92 Å². The first-order valence-electron chi connectivity index (χ1n) is 12.5. The van der Waals surface area contributed by atoms with Crippen molar-refractivity contribution in [3.8, 4) is 21.1 Å². The molecule has 182 valence electrons. The van der Waals surface area contributed by atoms with E-state index in [-0.39, 0.29) is 5.78 Å². The second kappa shape index (κ2) is 9.99. The summed E-state index contributed by atoms with van der Waals surface area (Å²) in [5.74, 6) is 0.732. The number of hydrogen-bond acceptors (Lipinski definition) is 6. The number of ketones is 1. The molecule has 1 aromatic carbocycles. The van der Waals surface area contributed by atoms with Gasteiger partial charge in [-0.15, -0.1) is 11.3 Å². The van der Waals surface area contributed by atoms with Crippen molar-refractivity contribution in [2.45, 2.75) is 58.9 Å². The van der Waals surface area contributed by atoms with Gasteiger partial charge in [0.1, 0.15) is 16.4 Å². The summed E-state index contributed by atoms with van der Waals surface area (Å²) in [5, 5.41) is 9.59. The Labute approximate surface area is 210 Å². The number of aromatic nitrogens is 4. The third kappa shape index (κ3) is 4.80. The van der Waals surface area contributed by atoms with E-state index in [2.05, 4.69) is 60.0 Å². The van der Waals surface area contributed by atoms with Crippen molar-refractivity contribution in [3.05, 3.63) is 53.5 Å². The van der Waals surface area contributed by atoms with Crippen LogP contribution in [0.2, 0.25) is 0 Å². The Morgan fingerprint density at radius 3 is 2.89 bits per heavy atom. The van der Waals surface area contributed by atoms with Crippen LogP contribution < -0.4 is 0 Å². The van der Waals surface area contributed by atoms with E-state index in [1.807, 2.05) is 18.3 Å². The molecule has 3 aromatic heterocycles. The third-order valence-corrected chi connectivity index (χ3v) is 8.56. The molecular weight excluding hydrogens is 454 g/mol. The van der Waals surface area contributed by atoms with Crippen LogP contribution >= 0.6 is 11.3 Å². The Balaban J connectivity index is 1.44. The number of thiazole rings is 1. The van der Waals surface area contributed by atoms with Crippen molar-refractivity contribution in [2.75, 3.05) is 13.6 Å². The monoisotopic (exact) mass is 487 g/mol. The number of aryl methyl sites for hydroxylation is 2. The summed E-state index contributed by atoms with van der Waals surface area (Å²) in [7, 11) is 2.21. The summed E-state index contributed by atoms with van der Waals surface area (Å²) in [6, 6.07) is 8.83. The average molecular weight is 488 g/mol. The van der Waals surface area contributed by atoms with Gasteiger partial charge in [0.05, 0.1) is 10.4 Å². The van der Waals surface area contributed by atoms with Gasteiger partial charge in [-0.1, -0.05) is 24.6 Å². The highest BCUT2D eigenvalue weighted by molar-refractivity contribution is 7.18. The molecule has 0 aliphatic heterocycles. The van der Waals surface area contributed by atoms with Crippen LogP contribution in [0.5, 0.6) is 0 Å². The molecule has 1 aliphatic rings. The zero-order chi connectivity index (χ0) is 24.5. The van der Waals surface area contributed by atoms with Crippen LogP contribution in [0.1, 0.15) is 60.6 Å². The van der Waals surface area contributed by atoms with Crippen LogP contribution in [0.4, 0.5) is 0 Å². The normalized spacial score (nSPS) is 18.1. The van der Waals surface area contributed by atoms with E-state index in [4.69, 9.17) is 4.98 Å². The fourth-order valence-corrected chi connectivity index (χ4v) is 6.45. The number of benzene rings is 1. The zero-order valence-electron chi connectivity index (χ0n) is 21.0. The van der Waals surface area contributed by atoms with Gasteiger partial charge in [0, 0.05) is 35.8 Å². The predicted molar refractivity (Wildman–Crippen MR) is 143 cm³/mol. The molecule has 1 saturated carbocycles. The molecule has 0 bridgehead atoms. The van der Waals surface area contributed by atoms with Crippen molar-refractivity contribution in [3.63, 3.8) is 0 Å². The number of pyridine rings is 1. The summed E-state index contributed by atoms with van der Waals surface area (Å²) in [6.07, 6.45) is 8.66. The highest BCUT2D eigenvalue weighted by Crippen LogP contribution is 2.39. The lowest BCUT2D eigenvalue weighted by atomic mass is 9.98. The van der Waals surface area contributed by atoms with Crippen LogP contribution in [-0.2, 0) is 0 Å². The van der Waals surface area contributed by atoms with E-state index in [9.17, 15) is 4.79 Å². The van der Waals surface area contributed by atoms with Crippen LogP contribution in [0, 0.1) is 19.8 Å². The van der Waals surface area contributed by atoms with E-state index in [1.54, 1.807) is 17.5 Å². The summed E-state index contributed by atoms with van der Waals surface area (Å²) >= 11 is 1.54. The Hall–Kier alpha value is -2.90. The number of hydrogen-bond donors (Lipinski definition) is 1. The molecule has 2 atom stereocenters. The van der Waals surface area contributed by atoms with Gasteiger partial charge in [0.25, 0.3) is 0 Å². The van der Waals surface area contributed by atoms with E-state index >= 15 is 0 Å². The third-order valence-electron chi connectivity index (χ3n) is 7.44. The molecule has 4 aromatic rings. The first-order valence-corrected chi connectivity index (χ1v) is 13.4. The number of fused-ring (bicyclic) bond motifs is 1. The van der Waals surface area contributed by atoms with Gasteiger partial charge >= 0.3 is 0 Å². The maximum atomic E-state index is 13.5. The molecule has 1 fully saturated rings. The summed E-state index contributed by atoms with van der Waals surface area (Å²) in [4.78, 5) is 26.0. The minimum absolute atomic E-state index is 0.120. The lowest BCUT2D eigenvalue weighted by Crippen LogP contribution is -2.29. The van der Waals surface area contributed by atoms with E-state index < -0.39 is 0 Å². The average Bonchev–Trinajstić information content (AvgIpc) is 3.60. The SMILES string of the molecule is CCN(C)[C@H]1CCC(CCC(=O)c2nc(-c3[nH]nc4c(C)cc(C)cc34)sc2-c2cccnc2)C1. The molecule has 1 unspecified atom stereocenters. The number of rotatable bonds is 8. The quantitative estimate of drug-likeness (QED) is 0.289. The van der Waals surface area contributed by atoms with Crippen molar-refractivity contribution >= 4 is 28.0 Å². The number of carbonyl (C=O) groups is 1. The molecule has 0 spiro atoms. The fourth-order valence-electron chi connectivity index (χ4n) is 5.37. The number of nitrogens with one attached hydrogen (secondary N) is 1. The Morgan fingerprint density at radius 2 is 2.11 bits per heavy atom. The Kier molecular flexibility index (Phi) is 6.80. The predicted octanol–water partition coefficient (Wildman–Crippen LogP) is 6.45. The van der Waals surface area contributed by atoms with Gasteiger partial charge in [-0.3, -0.25) is 14.9 Å². The first kappa shape index (κ1) is 23.8. The molecule has 0 radical (unpaired) electrons. The van der Waals surface area contributed by atoms with Crippen LogP contribution in [0.3, 0.4) is 0 Å². The number of Topliss-reactive ketones (excluding diaryl/α,β-unsaturated/α-hetero) is 1. The van der Waals surface area contributed by atoms with Crippen molar-refractivity contribution in [1.29, 1.82) is 0 Å². The second-order valence-corrected chi connectivity index (χ2v) is 10.9. The Bertz CT molecular complexity index is 1340. The van der Waals surface area contributed by atoms with Crippen molar-refractivity contribution < 1.29 is 4.79 Å². The molecule has 1 aliphatic carbocycles. The molecule has 3 heterocycles. The topological polar surface area (TPSA) is 74.8 Å². The smallest absolute Gasteiger partial charge is 0.182 e. The summed E-state index contributed by atoms with van der Waals surface area (Å²) in [6.45, 7) is 7.45. The molecular formula is C28H33N5OS. The van der Waals surface area contributed by atoms with Crippen molar-refractivity contribution in [1.82, 2.24) is 25.1 Å². The highest BCUT2D eigenvalue weighted by Gasteiger charge is 2.28. The van der Waals surface area contributed by atoms with E-state index in [0.717, 1.165) is 50.6 Å². The van der Waals surface area contributed by atoms with Gasteiger partial charge in [0.15, 0.2) is 5.78 Å². The van der Waals surface area contributed by atoms with Gasteiger partial charge in [-0.25, -0.2) is 4.98 Å².